The van der Waals surface area contributed by atoms with Crippen molar-refractivity contribution in [2.45, 2.75) is 30.8 Å². The predicted octanol–water partition coefficient (Wildman–Crippen LogP) is 4.84. The van der Waals surface area contributed by atoms with Crippen LogP contribution < -0.4 is 5.48 Å². The highest BCUT2D eigenvalue weighted by atomic mass is 79.9. The first kappa shape index (κ1) is 23.1. The van der Waals surface area contributed by atoms with Gasteiger partial charge in [0, 0.05) is 11.3 Å². The van der Waals surface area contributed by atoms with Crippen LogP contribution in [0.3, 0.4) is 0 Å². The molecule has 1 aromatic heterocycles. The summed E-state index contributed by atoms with van der Waals surface area (Å²) in [5.41, 5.74) is 4.51. The van der Waals surface area contributed by atoms with Crippen LogP contribution in [0.15, 0.2) is 70.6 Å². The van der Waals surface area contributed by atoms with Crippen LogP contribution in [0.4, 0.5) is 0 Å². The van der Waals surface area contributed by atoms with Crippen LogP contribution in [0.1, 0.15) is 22.6 Å². The van der Waals surface area contributed by atoms with Crippen molar-refractivity contribution in [2.24, 2.45) is 5.92 Å². The second kappa shape index (κ2) is 10.3. The van der Waals surface area contributed by atoms with Crippen LogP contribution in [-0.2, 0) is 37.8 Å². The van der Waals surface area contributed by atoms with Gasteiger partial charge in [0.25, 0.3) is 0 Å². The minimum atomic E-state index is -0.554. The lowest BCUT2D eigenvalue weighted by Gasteiger charge is -2.46. The van der Waals surface area contributed by atoms with E-state index < -0.39 is 11.1 Å². The maximum Gasteiger partial charge on any atom is 0.123 e. The van der Waals surface area contributed by atoms with Gasteiger partial charge in [0.15, 0.2) is 0 Å². The minimum Gasteiger partial charge on any atom is -0.374 e. The van der Waals surface area contributed by atoms with E-state index in [0.717, 1.165) is 27.2 Å². The molecule has 33 heavy (non-hydrogen) atoms. The Morgan fingerprint density at radius 2 is 1.64 bits per heavy atom. The zero-order chi connectivity index (χ0) is 22.6. The molecule has 5 rings (SSSR count). The molecule has 1 N–H and O–H groups in total. The zero-order valence-electron chi connectivity index (χ0n) is 18.2. The Kier molecular flexibility index (Phi) is 7.22. The predicted molar refractivity (Wildman–Crippen MR) is 130 cm³/mol. The van der Waals surface area contributed by atoms with Crippen LogP contribution >= 0.6 is 27.3 Å². The van der Waals surface area contributed by atoms with Crippen LogP contribution in [-0.4, -0.2) is 37.0 Å². The smallest absolute Gasteiger partial charge is 0.123 e. The lowest BCUT2D eigenvalue weighted by Crippen LogP contribution is -2.58. The Bertz CT molecular complexity index is 990. The molecule has 3 aromatic rings. The normalized spacial score (nSPS) is 24.0. The largest absolute Gasteiger partial charge is 0.374 e. The van der Waals surface area contributed by atoms with Crippen molar-refractivity contribution in [3.8, 4) is 0 Å². The summed E-state index contributed by atoms with van der Waals surface area (Å²) in [6.07, 6.45) is 0.751. The number of rotatable bonds is 9. The molecule has 0 saturated carbocycles. The molecular weight excluding hydrogens is 504 g/mol. The van der Waals surface area contributed by atoms with Gasteiger partial charge < -0.3 is 19.0 Å². The van der Waals surface area contributed by atoms with Gasteiger partial charge >= 0.3 is 0 Å². The molecule has 2 atom stereocenters. The highest BCUT2D eigenvalue weighted by Gasteiger charge is 2.56. The molecular formula is C25H27BrN2O4S. The van der Waals surface area contributed by atoms with Gasteiger partial charge in [-0.15, -0.1) is 11.3 Å². The highest BCUT2D eigenvalue weighted by molar-refractivity contribution is 9.10. The number of hydroxylamine groups is 1. The molecule has 0 amide bonds. The summed E-state index contributed by atoms with van der Waals surface area (Å²) < 4.78 is 19.8. The van der Waals surface area contributed by atoms with Gasteiger partial charge in [0.05, 0.1) is 39.6 Å². The Morgan fingerprint density at radius 3 is 2.21 bits per heavy atom. The third-order valence-corrected chi connectivity index (χ3v) is 8.00. The van der Waals surface area contributed by atoms with Gasteiger partial charge in [-0.1, -0.05) is 60.7 Å². The second-order valence-corrected chi connectivity index (χ2v) is 10.4. The van der Waals surface area contributed by atoms with Crippen molar-refractivity contribution in [1.29, 1.82) is 0 Å². The number of hydrogen-bond donors (Lipinski definition) is 1. The number of halogens is 1. The van der Waals surface area contributed by atoms with E-state index in [2.05, 4.69) is 50.7 Å². The fraction of sp³-hybridized carbons (Fsp3) is 0.400. The number of thiazole rings is 1. The minimum absolute atomic E-state index is 0.199. The van der Waals surface area contributed by atoms with Crippen LogP contribution in [0.5, 0.6) is 0 Å². The summed E-state index contributed by atoms with van der Waals surface area (Å²) in [6.45, 7) is 3.01. The van der Waals surface area contributed by atoms with Gasteiger partial charge in [-0.3, -0.25) is 0 Å². The number of ether oxygens (including phenoxy) is 3. The van der Waals surface area contributed by atoms with E-state index in [9.17, 15) is 0 Å². The average molecular weight is 531 g/mol. The number of nitrogens with one attached hydrogen (secondary N) is 1. The molecule has 2 aromatic carbocycles. The summed E-state index contributed by atoms with van der Waals surface area (Å²) in [5.74, 6) is 0.199. The van der Waals surface area contributed by atoms with E-state index in [0.29, 0.717) is 39.6 Å². The van der Waals surface area contributed by atoms with Gasteiger partial charge in [-0.25, -0.2) is 4.98 Å². The average Bonchev–Trinajstić information content (AvgIpc) is 3.47. The van der Waals surface area contributed by atoms with Gasteiger partial charge in [-0.05, 0) is 33.5 Å². The van der Waals surface area contributed by atoms with Crippen molar-refractivity contribution < 1.29 is 19.0 Å². The van der Waals surface area contributed by atoms with Gasteiger partial charge in [-0.2, -0.15) is 5.48 Å². The van der Waals surface area contributed by atoms with E-state index >= 15 is 0 Å². The third kappa shape index (κ3) is 5.22. The van der Waals surface area contributed by atoms with E-state index in [-0.39, 0.29) is 5.92 Å². The number of benzene rings is 2. The van der Waals surface area contributed by atoms with E-state index in [4.69, 9.17) is 19.0 Å². The molecule has 174 valence electrons. The first-order chi connectivity index (χ1) is 16.2. The first-order valence-electron chi connectivity index (χ1n) is 11.1. The Labute approximate surface area is 206 Å². The first-order valence-corrected chi connectivity index (χ1v) is 12.7. The summed E-state index contributed by atoms with van der Waals surface area (Å²) in [6, 6.07) is 20.4. The number of fused-ring (bicyclic) bond motifs is 1. The maximum absolute atomic E-state index is 6.58. The van der Waals surface area contributed by atoms with E-state index in [1.165, 1.54) is 0 Å². The topological polar surface area (TPSA) is 61.8 Å². The highest BCUT2D eigenvalue weighted by Crippen LogP contribution is 2.46. The Hall–Kier alpha value is -1.65. The molecule has 2 aliphatic heterocycles. The Balaban J connectivity index is 1.30. The number of nitrogens with zero attached hydrogens (tertiary/aromatic N) is 1. The number of hydrogen-bond acceptors (Lipinski definition) is 7. The quantitative estimate of drug-likeness (QED) is 0.426. The fourth-order valence-electron chi connectivity index (χ4n) is 4.49. The molecule has 2 fully saturated rings. The molecule has 0 bridgehead atoms. The van der Waals surface area contributed by atoms with Crippen molar-refractivity contribution >= 4 is 27.3 Å². The molecule has 3 heterocycles. The fourth-order valence-corrected chi connectivity index (χ4v) is 5.96. The summed E-state index contributed by atoms with van der Waals surface area (Å²) in [5, 5.41) is 2.97. The van der Waals surface area contributed by atoms with Crippen molar-refractivity contribution in [2.75, 3.05) is 26.4 Å². The lowest BCUT2D eigenvalue weighted by atomic mass is 9.76. The van der Waals surface area contributed by atoms with Crippen LogP contribution in [0.2, 0.25) is 0 Å². The molecule has 6 nitrogen and oxygen atoms in total. The monoisotopic (exact) mass is 530 g/mol. The van der Waals surface area contributed by atoms with Crippen molar-refractivity contribution in [1.82, 2.24) is 10.5 Å². The Morgan fingerprint density at radius 1 is 1.00 bits per heavy atom. The molecule has 2 aliphatic rings. The van der Waals surface area contributed by atoms with E-state index in [1.807, 2.05) is 41.8 Å². The van der Waals surface area contributed by atoms with Gasteiger partial charge in [0.1, 0.15) is 20.8 Å². The molecule has 0 aliphatic carbocycles. The maximum atomic E-state index is 6.58. The van der Waals surface area contributed by atoms with Crippen LogP contribution in [0, 0.1) is 5.92 Å². The van der Waals surface area contributed by atoms with Gasteiger partial charge in [0.2, 0.25) is 0 Å². The molecule has 1 unspecified atom stereocenters. The number of aromatic nitrogens is 1. The third-order valence-electron chi connectivity index (χ3n) is 6.27. The van der Waals surface area contributed by atoms with Crippen molar-refractivity contribution in [3.63, 3.8) is 0 Å². The molecule has 0 radical (unpaired) electrons. The zero-order valence-corrected chi connectivity index (χ0v) is 20.6. The second-order valence-electron chi connectivity index (χ2n) is 8.69. The van der Waals surface area contributed by atoms with E-state index in [1.54, 1.807) is 11.3 Å². The summed E-state index contributed by atoms with van der Waals surface area (Å²) in [7, 11) is 0. The molecule has 0 spiro atoms. The van der Waals surface area contributed by atoms with Crippen LogP contribution in [0.25, 0.3) is 0 Å². The molecule has 2 saturated heterocycles. The standard InChI is InChI=1S/C25H27BrN2O4S/c26-22-15-33-23(27-22)25-18-31-24(11-21(25)14-32-28-25,16-29-12-19-7-3-1-4-8-19)17-30-13-20-9-5-2-6-10-20/h1-10,15,21,28H,11-14,16-18H2/t21?,25-/m1/s1. The summed E-state index contributed by atoms with van der Waals surface area (Å²) >= 11 is 5.09. The molecule has 8 heteroatoms. The SMILES string of the molecule is Brc1csc([C@@]23COC(COCc4ccccc4)(COCc4ccccc4)CC2CON3)n1. The van der Waals surface area contributed by atoms with Crippen molar-refractivity contribution in [3.05, 3.63) is 86.8 Å². The summed E-state index contributed by atoms with van der Waals surface area (Å²) in [4.78, 5) is 10.4. The lowest BCUT2D eigenvalue weighted by molar-refractivity contribution is -0.193.